The van der Waals surface area contributed by atoms with Crippen molar-refractivity contribution < 1.29 is 14.3 Å². The van der Waals surface area contributed by atoms with Gasteiger partial charge in [-0.3, -0.25) is 9.59 Å². The van der Waals surface area contributed by atoms with E-state index in [1.165, 1.54) is 7.11 Å². The molecule has 1 fully saturated rings. The summed E-state index contributed by atoms with van der Waals surface area (Å²) in [6.45, 7) is 6.39. The molecular weight excluding hydrogens is 390 g/mol. The number of nitrogens with one attached hydrogen (secondary N) is 2. The monoisotopic (exact) mass is 423 g/mol. The Kier molecular flexibility index (Phi) is 7.01. The first-order valence-corrected chi connectivity index (χ1v) is 10.8. The topological polar surface area (TPSA) is 93.4 Å². The fourth-order valence-corrected chi connectivity index (χ4v) is 3.80. The molecule has 2 aromatic rings. The van der Waals surface area contributed by atoms with Gasteiger partial charge in [0.1, 0.15) is 5.75 Å². The van der Waals surface area contributed by atoms with Gasteiger partial charge in [0, 0.05) is 23.2 Å². The van der Waals surface area contributed by atoms with Crippen LogP contribution in [0.5, 0.6) is 5.75 Å². The molecule has 0 bridgehead atoms. The molecule has 0 spiro atoms. The molecular formula is C25H33N3O3. The van der Waals surface area contributed by atoms with E-state index in [1.807, 2.05) is 24.3 Å². The molecule has 2 amide bonds. The van der Waals surface area contributed by atoms with Crippen molar-refractivity contribution in [1.82, 2.24) is 5.32 Å². The van der Waals surface area contributed by atoms with E-state index in [2.05, 4.69) is 31.4 Å². The van der Waals surface area contributed by atoms with E-state index in [4.69, 9.17) is 10.5 Å². The van der Waals surface area contributed by atoms with Gasteiger partial charge in [0.25, 0.3) is 11.8 Å². The molecule has 0 aliphatic heterocycles. The normalized spacial score (nSPS) is 18.9. The molecule has 0 saturated heterocycles. The molecule has 0 atom stereocenters. The molecule has 2 aromatic carbocycles. The maximum Gasteiger partial charge on any atom is 0.255 e. The summed E-state index contributed by atoms with van der Waals surface area (Å²) in [4.78, 5) is 25.5. The van der Waals surface area contributed by atoms with Crippen molar-refractivity contribution in [2.75, 3.05) is 12.4 Å². The second-order valence-corrected chi connectivity index (χ2v) is 9.28. The first kappa shape index (κ1) is 22.8. The highest BCUT2D eigenvalue weighted by Gasteiger charge is 2.21. The number of amides is 2. The van der Waals surface area contributed by atoms with Gasteiger partial charge >= 0.3 is 0 Å². The number of nitrogens with two attached hydrogens (primary N) is 1. The third-order valence-corrected chi connectivity index (χ3v) is 5.83. The van der Waals surface area contributed by atoms with Crippen molar-refractivity contribution >= 4 is 17.5 Å². The maximum atomic E-state index is 12.8. The summed E-state index contributed by atoms with van der Waals surface area (Å²) in [6, 6.07) is 13.0. The summed E-state index contributed by atoms with van der Waals surface area (Å²) in [7, 11) is 1.54. The lowest BCUT2D eigenvalue weighted by molar-refractivity contribution is 0.0924. The number of hydrogen-bond donors (Lipinski definition) is 3. The third kappa shape index (κ3) is 5.85. The predicted octanol–water partition coefficient (Wildman–Crippen LogP) is 4.24. The summed E-state index contributed by atoms with van der Waals surface area (Å²) < 4.78 is 5.38. The van der Waals surface area contributed by atoms with Gasteiger partial charge in [0.05, 0.1) is 12.8 Å². The van der Waals surface area contributed by atoms with E-state index in [9.17, 15) is 9.59 Å². The summed E-state index contributed by atoms with van der Waals surface area (Å²) in [6.07, 6.45) is 3.61. The van der Waals surface area contributed by atoms with Crippen LogP contribution in [0.4, 0.5) is 5.69 Å². The second-order valence-electron chi connectivity index (χ2n) is 9.28. The van der Waals surface area contributed by atoms with Crippen LogP contribution in [0, 0.1) is 0 Å². The van der Waals surface area contributed by atoms with Crippen LogP contribution in [-0.4, -0.2) is 31.0 Å². The Labute approximate surface area is 184 Å². The minimum absolute atomic E-state index is 0.0172. The SMILES string of the molecule is COc1ccc(C(=O)NC2CCC(N)CC2)cc1NC(=O)c1ccc(C(C)(C)C)cc1. The van der Waals surface area contributed by atoms with Crippen LogP contribution >= 0.6 is 0 Å². The number of carbonyl (C=O) groups is 2. The van der Waals surface area contributed by atoms with Crippen LogP contribution in [0.1, 0.15) is 72.7 Å². The summed E-state index contributed by atoms with van der Waals surface area (Å²) >= 11 is 0. The Bertz CT molecular complexity index is 924. The molecule has 0 radical (unpaired) electrons. The van der Waals surface area contributed by atoms with Gasteiger partial charge in [0.15, 0.2) is 0 Å². The molecule has 1 aliphatic rings. The van der Waals surface area contributed by atoms with Crippen LogP contribution in [0.25, 0.3) is 0 Å². The Morgan fingerprint density at radius 1 is 0.935 bits per heavy atom. The lowest BCUT2D eigenvalue weighted by atomic mass is 9.87. The minimum Gasteiger partial charge on any atom is -0.495 e. The van der Waals surface area contributed by atoms with E-state index in [0.29, 0.717) is 22.6 Å². The van der Waals surface area contributed by atoms with Crippen LogP contribution in [-0.2, 0) is 5.41 Å². The Morgan fingerprint density at radius 3 is 2.13 bits per heavy atom. The second kappa shape index (κ2) is 9.52. The van der Waals surface area contributed by atoms with E-state index in [-0.39, 0.29) is 29.3 Å². The van der Waals surface area contributed by atoms with Crippen LogP contribution < -0.4 is 21.1 Å². The zero-order valence-corrected chi connectivity index (χ0v) is 18.8. The predicted molar refractivity (Wildman–Crippen MR) is 124 cm³/mol. The van der Waals surface area contributed by atoms with Crippen LogP contribution in [0.3, 0.4) is 0 Å². The third-order valence-electron chi connectivity index (χ3n) is 5.83. The number of methoxy groups -OCH3 is 1. The fraction of sp³-hybridized carbons (Fsp3) is 0.440. The summed E-state index contributed by atoms with van der Waals surface area (Å²) in [5, 5.41) is 5.96. The van der Waals surface area contributed by atoms with Crippen molar-refractivity contribution in [3.63, 3.8) is 0 Å². The number of benzene rings is 2. The molecule has 0 heterocycles. The van der Waals surface area contributed by atoms with Gasteiger partial charge < -0.3 is 21.1 Å². The smallest absolute Gasteiger partial charge is 0.255 e. The zero-order chi connectivity index (χ0) is 22.6. The highest BCUT2D eigenvalue weighted by molar-refractivity contribution is 6.06. The fourth-order valence-electron chi connectivity index (χ4n) is 3.80. The average Bonchev–Trinajstić information content (AvgIpc) is 2.74. The molecule has 31 heavy (non-hydrogen) atoms. The molecule has 4 N–H and O–H groups in total. The quantitative estimate of drug-likeness (QED) is 0.670. The highest BCUT2D eigenvalue weighted by atomic mass is 16.5. The van der Waals surface area contributed by atoms with Gasteiger partial charge in [0.2, 0.25) is 0 Å². The molecule has 0 unspecified atom stereocenters. The van der Waals surface area contributed by atoms with Gasteiger partial charge in [-0.2, -0.15) is 0 Å². The number of carbonyl (C=O) groups excluding carboxylic acids is 2. The largest absolute Gasteiger partial charge is 0.495 e. The molecule has 166 valence electrons. The van der Waals surface area contributed by atoms with E-state index in [0.717, 1.165) is 31.2 Å². The summed E-state index contributed by atoms with van der Waals surface area (Å²) in [5.41, 5.74) is 8.61. The van der Waals surface area contributed by atoms with Gasteiger partial charge in [-0.05, 0) is 67.0 Å². The van der Waals surface area contributed by atoms with E-state index < -0.39 is 0 Å². The van der Waals surface area contributed by atoms with Crippen LogP contribution in [0.2, 0.25) is 0 Å². The molecule has 0 aromatic heterocycles. The lowest BCUT2D eigenvalue weighted by Gasteiger charge is -2.26. The van der Waals surface area contributed by atoms with Crippen molar-refractivity contribution in [3.05, 3.63) is 59.2 Å². The van der Waals surface area contributed by atoms with Crippen molar-refractivity contribution in [2.24, 2.45) is 5.73 Å². The number of anilines is 1. The minimum atomic E-state index is -0.252. The Hall–Kier alpha value is -2.86. The molecule has 6 nitrogen and oxygen atoms in total. The molecule has 3 rings (SSSR count). The first-order chi connectivity index (χ1) is 14.7. The van der Waals surface area contributed by atoms with E-state index >= 15 is 0 Å². The van der Waals surface area contributed by atoms with Crippen molar-refractivity contribution in [2.45, 2.75) is 64.0 Å². The van der Waals surface area contributed by atoms with Gasteiger partial charge in [-0.25, -0.2) is 0 Å². The van der Waals surface area contributed by atoms with Gasteiger partial charge in [-0.15, -0.1) is 0 Å². The Balaban J connectivity index is 1.73. The highest BCUT2D eigenvalue weighted by Crippen LogP contribution is 2.27. The van der Waals surface area contributed by atoms with Crippen molar-refractivity contribution in [1.29, 1.82) is 0 Å². The first-order valence-electron chi connectivity index (χ1n) is 10.8. The number of ether oxygens (including phenoxy) is 1. The average molecular weight is 424 g/mol. The van der Waals surface area contributed by atoms with Gasteiger partial charge in [-0.1, -0.05) is 32.9 Å². The van der Waals surface area contributed by atoms with E-state index in [1.54, 1.807) is 18.2 Å². The standard InChI is InChI=1S/C25H33N3O3/c1-25(2,3)18-8-5-16(6-9-18)23(29)28-21-15-17(7-14-22(21)31-4)24(30)27-20-12-10-19(26)11-13-20/h5-9,14-15,19-20H,10-13,26H2,1-4H3,(H,27,30)(H,28,29). The summed E-state index contributed by atoms with van der Waals surface area (Å²) in [5.74, 6) is 0.0885. The lowest BCUT2D eigenvalue weighted by Crippen LogP contribution is -2.40. The maximum absolute atomic E-state index is 12.8. The number of hydrogen-bond acceptors (Lipinski definition) is 4. The van der Waals surface area contributed by atoms with Crippen molar-refractivity contribution in [3.8, 4) is 5.75 Å². The van der Waals surface area contributed by atoms with Crippen LogP contribution in [0.15, 0.2) is 42.5 Å². The molecule has 1 aliphatic carbocycles. The molecule has 6 heteroatoms. The Morgan fingerprint density at radius 2 is 1.55 bits per heavy atom. The zero-order valence-electron chi connectivity index (χ0n) is 18.8. The molecule has 1 saturated carbocycles. The number of rotatable bonds is 5.